The molecule has 0 spiro atoms. The summed E-state index contributed by atoms with van der Waals surface area (Å²) in [5.74, 6) is 1.97. The van der Waals surface area contributed by atoms with Gasteiger partial charge in [-0.15, -0.1) is 0 Å². The van der Waals surface area contributed by atoms with Gasteiger partial charge in [-0.2, -0.15) is 11.3 Å². The van der Waals surface area contributed by atoms with Gasteiger partial charge in [0.2, 0.25) is 0 Å². The number of likely N-dealkylation sites (N-methyl/N-ethyl adjacent to an activating group) is 1. The first-order chi connectivity index (χ1) is 9.23. The zero-order valence-electron chi connectivity index (χ0n) is 12.0. The van der Waals surface area contributed by atoms with E-state index in [-0.39, 0.29) is 5.54 Å². The van der Waals surface area contributed by atoms with E-state index >= 15 is 0 Å². The molecule has 19 heavy (non-hydrogen) atoms. The standard InChI is InChI=1S/C16H26N2S/c1-18(10-13-6-8-19-11-13)16(12-17)7-2-3-15(9-16)14-4-5-14/h6,8,11,14-15H,2-5,7,9-10,12,17H2,1H3. The van der Waals surface area contributed by atoms with Gasteiger partial charge in [-0.3, -0.25) is 4.90 Å². The molecule has 2 atom stereocenters. The van der Waals surface area contributed by atoms with Crippen molar-refractivity contribution < 1.29 is 0 Å². The van der Waals surface area contributed by atoms with Crippen LogP contribution in [0.5, 0.6) is 0 Å². The van der Waals surface area contributed by atoms with Crippen molar-refractivity contribution >= 4 is 11.3 Å². The van der Waals surface area contributed by atoms with Crippen LogP contribution in [0.1, 0.15) is 44.1 Å². The summed E-state index contributed by atoms with van der Waals surface area (Å²) in [5, 5.41) is 4.44. The molecule has 2 N–H and O–H groups in total. The Morgan fingerprint density at radius 1 is 1.37 bits per heavy atom. The zero-order valence-corrected chi connectivity index (χ0v) is 12.8. The highest BCUT2D eigenvalue weighted by Crippen LogP contribution is 2.47. The van der Waals surface area contributed by atoms with E-state index in [1.807, 2.05) is 0 Å². The molecule has 0 aromatic carbocycles. The second-order valence-corrected chi connectivity index (χ2v) is 7.39. The summed E-state index contributed by atoms with van der Waals surface area (Å²) < 4.78 is 0. The average Bonchev–Trinajstić information content (AvgIpc) is 3.18. The molecule has 3 heteroatoms. The van der Waals surface area contributed by atoms with Crippen molar-refractivity contribution in [3.05, 3.63) is 22.4 Å². The Morgan fingerprint density at radius 2 is 2.21 bits per heavy atom. The predicted molar refractivity (Wildman–Crippen MR) is 82.3 cm³/mol. The highest BCUT2D eigenvalue weighted by Gasteiger charge is 2.43. The summed E-state index contributed by atoms with van der Waals surface area (Å²) >= 11 is 1.79. The van der Waals surface area contributed by atoms with Crippen molar-refractivity contribution in [1.82, 2.24) is 4.90 Å². The molecule has 0 saturated heterocycles. The van der Waals surface area contributed by atoms with Crippen LogP contribution in [-0.2, 0) is 6.54 Å². The maximum atomic E-state index is 6.21. The smallest absolute Gasteiger partial charge is 0.0334 e. The van der Waals surface area contributed by atoms with Gasteiger partial charge >= 0.3 is 0 Å². The van der Waals surface area contributed by atoms with E-state index in [9.17, 15) is 0 Å². The molecule has 1 aromatic heterocycles. The monoisotopic (exact) mass is 278 g/mol. The first-order valence-electron chi connectivity index (χ1n) is 7.66. The number of hydrogen-bond donors (Lipinski definition) is 1. The maximum absolute atomic E-state index is 6.21. The van der Waals surface area contributed by atoms with Crippen molar-refractivity contribution in [1.29, 1.82) is 0 Å². The van der Waals surface area contributed by atoms with E-state index in [1.165, 1.54) is 44.1 Å². The van der Waals surface area contributed by atoms with E-state index in [2.05, 4.69) is 28.8 Å². The van der Waals surface area contributed by atoms with Crippen LogP contribution in [0, 0.1) is 11.8 Å². The number of rotatable bonds is 5. The molecule has 2 aliphatic carbocycles. The van der Waals surface area contributed by atoms with Crippen LogP contribution >= 0.6 is 11.3 Å². The van der Waals surface area contributed by atoms with Crippen molar-refractivity contribution in [2.75, 3.05) is 13.6 Å². The third kappa shape index (κ3) is 2.88. The Balaban J connectivity index is 1.69. The SMILES string of the molecule is CN(Cc1ccsc1)C1(CN)CCCC(C2CC2)C1. The Labute approximate surface area is 121 Å². The van der Waals surface area contributed by atoms with E-state index in [4.69, 9.17) is 5.73 Å². The molecule has 0 bridgehead atoms. The minimum absolute atomic E-state index is 0.257. The second-order valence-electron chi connectivity index (χ2n) is 6.61. The largest absolute Gasteiger partial charge is 0.329 e. The van der Waals surface area contributed by atoms with Gasteiger partial charge in [0.1, 0.15) is 0 Å². The third-order valence-corrected chi connectivity index (χ3v) is 6.07. The Kier molecular flexibility index (Phi) is 3.97. The molecular formula is C16H26N2S. The van der Waals surface area contributed by atoms with Crippen molar-refractivity contribution in [3.8, 4) is 0 Å². The Hall–Kier alpha value is -0.380. The zero-order chi connectivity index (χ0) is 13.3. The van der Waals surface area contributed by atoms with Crippen molar-refractivity contribution in [3.63, 3.8) is 0 Å². The minimum atomic E-state index is 0.257. The predicted octanol–water partition coefficient (Wildman–Crippen LogP) is 3.48. The molecule has 1 heterocycles. The first kappa shape index (κ1) is 13.6. The van der Waals surface area contributed by atoms with Gasteiger partial charge in [0, 0.05) is 18.6 Å². The van der Waals surface area contributed by atoms with Crippen LogP contribution in [0.3, 0.4) is 0 Å². The summed E-state index contributed by atoms with van der Waals surface area (Å²) in [6.07, 6.45) is 8.37. The molecule has 3 rings (SSSR count). The van der Waals surface area contributed by atoms with Gasteiger partial charge < -0.3 is 5.73 Å². The lowest BCUT2D eigenvalue weighted by molar-refractivity contribution is 0.0460. The molecular weight excluding hydrogens is 252 g/mol. The summed E-state index contributed by atoms with van der Waals surface area (Å²) in [7, 11) is 2.28. The molecule has 0 amide bonds. The van der Waals surface area contributed by atoms with Crippen LogP contribution in [0.25, 0.3) is 0 Å². The molecule has 106 valence electrons. The lowest BCUT2D eigenvalue weighted by atomic mass is 9.73. The van der Waals surface area contributed by atoms with Crippen molar-refractivity contribution in [2.24, 2.45) is 17.6 Å². The normalized spacial score (nSPS) is 31.8. The maximum Gasteiger partial charge on any atom is 0.0334 e. The van der Waals surface area contributed by atoms with E-state index < -0.39 is 0 Å². The summed E-state index contributed by atoms with van der Waals surface area (Å²) in [5.41, 5.74) is 7.91. The van der Waals surface area contributed by atoms with Gasteiger partial charge in [-0.05, 0) is 67.0 Å². The molecule has 2 fully saturated rings. The third-order valence-electron chi connectivity index (χ3n) is 5.34. The number of nitrogens with zero attached hydrogens (tertiary/aromatic N) is 1. The lowest BCUT2D eigenvalue weighted by Crippen LogP contribution is -2.54. The van der Waals surface area contributed by atoms with Gasteiger partial charge in [-0.25, -0.2) is 0 Å². The molecule has 0 radical (unpaired) electrons. The van der Waals surface area contributed by atoms with Gasteiger partial charge in [0.05, 0.1) is 0 Å². The highest BCUT2D eigenvalue weighted by atomic mass is 32.1. The van der Waals surface area contributed by atoms with E-state index in [0.717, 1.165) is 24.9 Å². The summed E-state index contributed by atoms with van der Waals surface area (Å²) in [4.78, 5) is 2.55. The Morgan fingerprint density at radius 3 is 2.84 bits per heavy atom. The molecule has 2 saturated carbocycles. The number of hydrogen-bond acceptors (Lipinski definition) is 3. The molecule has 2 nitrogen and oxygen atoms in total. The van der Waals surface area contributed by atoms with Gasteiger partial charge in [0.15, 0.2) is 0 Å². The fourth-order valence-corrected chi connectivity index (χ4v) is 4.53. The summed E-state index contributed by atoms with van der Waals surface area (Å²) in [6, 6.07) is 2.24. The molecule has 2 aliphatic rings. The number of thiophene rings is 1. The van der Waals surface area contributed by atoms with Crippen LogP contribution in [-0.4, -0.2) is 24.0 Å². The van der Waals surface area contributed by atoms with Gasteiger partial charge in [-0.1, -0.05) is 12.8 Å². The average molecular weight is 278 g/mol. The van der Waals surface area contributed by atoms with Crippen LogP contribution in [0.4, 0.5) is 0 Å². The minimum Gasteiger partial charge on any atom is -0.329 e. The van der Waals surface area contributed by atoms with Crippen molar-refractivity contribution in [2.45, 2.75) is 50.6 Å². The second kappa shape index (κ2) is 5.55. The Bertz CT molecular complexity index is 399. The van der Waals surface area contributed by atoms with Gasteiger partial charge in [0.25, 0.3) is 0 Å². The van der Waals surface area contributed by atoms with E-state index in [1.54, 1.807) is 11.3 Å². The molecule has 0 aliphatic heterocycles. The number of nitrogens with two attached hydrogens (primary N) is 1. The topological polar surface area (TPSA) is 29.3 Å². The highest BCUT2D eigenvalue weighted by molar-refractivity contribution is 7.07. The fourth-order valence-electron chi connectivity index (χ4n) is 3.87. The van der Waals surface area contributed by atoms with Crippen LogP contribution < -0.4 is 5.73 Å². The first-order valence-corrected chi connectivity index (χ1v) is 8.60. The van der Waals surface area contributed by atoms with E-state index in [0.29, 0.717) is 0 Å². The van der Waals surface area contributed by atoms with Crippen LogP contribution in [0.15, 0.2) is 16.8 Å². The molecule has 2 unspecified atom stereocenters. The molecule has 1 aromatic rings. The van der Waals surface area contributed by atoms with Crippen LogP contribution in [0.2, 0.25) is 0 Å². The fraction of sp³-hybridized carbons (Fsp3) is 0.750. The summed E-state index contributed by atoms with van der Waals surface area (Å²) in [6.45, 7) is 1.87. The lowest BCUT2D eigenvalue weighted by Gasteiger charge is -2.47. The quantitative estimate of drug-likeness (QED) is 0.893.